The molecule has 4 rings (SSSR count). The summed E-state index contributed by atoms with van der Waals surface area (Å²) in [4.78, 5) is 41.5. The zero-order valence-corrected chi connectivity index (χ0v) is 18.8. The van der Waals surface area contributed by atoms with Crippen molar-refractivity contribution in [1.82, 2.24) is 19.2 Å². The summed E-state index contributed by atoms with van der Waals surface area (Å²) in [7, 11) is 1.68. The molecule has 0 N–H and O–H groups in total. The van der Waals surface area contributed by atoms with Crippen molar-refractivity contribution in [3.8, 4) is 5.69 Å². The van der Waals surface area contributed by atoms with Gasteiger partial charge in [0, 0.05) is 13.1 Å². The lowest BCUT2D eigenvalue weighted by atomic mass is 9.94. The van der Waals surface area contributed by atoms with E-state index in [4.69, 9.17) is 0 Å². The molecule has 33 heavy (non-hydrogen) atoms. The van der Waals surface area contributed by atoms with Crippen molar-refractivity contribution in [2.24, 2.45) is 0 Å². The molecule has 1 saturated carbocycles. The van der Waals surface area contributed by atoms with Gasteiger partial charge in [-0.15, -0.1) is 0 Å². The third kappa shape index (κ3) is 4.79. The summed E-state index contributed by atoms with van der Waals surface area (Å²) < 4.78 is 15.8. The zero-order chi connectivity index (χ0) is 23.5. The molecule has 1 aliphatic rings. The van der Waals surface area contributed by atoms with Gasteiger partial charge in [-0.3, -0.25) is 14.2 Å². The molecule has 1 amide bonds. The summed E-state index contributed by atoms with van der Waals surface area (Å²) >= 11 is 0. The molecular weight excluding hydrogens is 423 g/mol. The predicted octanol–water partition coefficient (Wildman–Crippen LogP) is 3.29. The van der Waals surface area contributed by atoms with E-state index in [-0.39, 0.29) is 18.3 Å². The average Bonchev–Trinajstić information content (AvgIpc) is 2.81. The molecule has 0 saturated heterocycles. The molecule has 1 aromatic heterocycles. The van der Waals surface area contributed by atoms with Gasteiger partial charge in [-0.1, -0.05) is 43.5 Å². The van der Waals surface area contributed by atoms with Crippen LogP contribution in [-0.4, -0.2) is 38.2 Å². The largest absolute Gasteiger partial charge is 0.352 e. The summed E-state index contributed by atoms with van der Waals surface area (Å²) in [6.07, 6.45) is 4.94. The minimum atomic E-state index is -0.777. The number of amides is 1. The van der Waals surface area contributed by atoms with Crippen LogP contribution in [0, 0.1) is 12.7 Å². The average molecular weight is 451 g/mol. The fourth-order valence-electron chi connectivity index (χ4n) is 4.34. The van der Waals surface area contributed by atoms with Gasteiger partial charge in [0.15, 0.2) is 0 Å². The molecule has 0 radical (unpaired) electrons. The van der Waals surface area contributed by atoms with Gasteiger partial charge >= 0.3 is 5.69 Å². The van der Waals surface area contributed by atoms with Crippen LogP contribution in [0.25, 0.3) is 5.69 Å². The van der Waals surface area contributed by atoms with Crippen molar-refractivity contribution in [2.45, 2.75) is 51.6 Å². The number of aryl methyl sites for hydroxylation is 1. The van der Waals surface area contributed by atoms with Crippen molar-refractivity contribution in [3.05, 3.63) is 92.0 Å². The molecule has 0 aliphatic heterocycles. The number of benzene rings is 2. The highest BCUT2D eigenvalue weighted by molar-refractivity contribution is 5.91. The van der Waals surface area contributed by atoms with Crippen LogP contribution in [-0.2, 0) is 6.54 Å². The lowest BCUT2D eigenvalue weighted by molar-refractivity contribution is 0.0684. The third-order valence-corrected chi connectivity index (χ3v) is 6.18. The van der Waals surface area contributed by atoms with Gasteiger partial charge < -0.3 is 4.90 Å². The standard InChI is InChI=1S/C25H27FN4O3/c1-17-8-6-13-21(14-17)30-25(33)29(16-18-9-7-10-19(26)15-18)24(32)22(27-30)23(31)28(2)20-11-4-3-5-12-20/h6-10,13-15,20H,3-5,11-12,16H2,1-2H3. The van der Waals surface area contributed by atoms with E-state index in [1.807, 2.05) is 13.0 Å². The smallest absolute Gasteiger partial charge is 0.337 e. The molecule has 0 spiro atoms. The summed E-state index contributed by atoms with van der Waals surface area (Å²) in [5.41, 5.74) is 0.00186. The number of rotatable bonds is 5. The van der Waals surface area contributed by atoms with Crippen LogP contribution in [0.2, 0.25) is 0 Å². The SMILES string of the molecule is Cc1cccc(-n2nc(C(=O)N(C)C3CCCCC3)c(=O)n(Cc3cccc(F)c3)c2=O)c1. The van der Waals surface area contributed by atoms with Crippen LogP contribution in [0.15, 0.2) is 58.1 Å². The second kappa shape index (κ2) is 9.52. The Balaban J connectivity index is 1.85. The molecular formula is C25H27FN4O3. The minimum Gasteiger partial charge on any atom is -0.337 e. The van der Waals surface area contributed by atoms with Gasteiger partial charge in [0.2, 0.25) is 5.69 Å². The topological polar surface area (TPSA) is 77.2 Å². The second-order valence-electron chi connectivity index (χ2n) is 8.61. The first kappa shape index (κ1) is 22.6. The molecule has 0 unspecified atom stereocenters. The molecule has 0 bridgehead atoms. The highest BCUT2D eigenvalue weighted by Gasteiger charge is 2.28. The highest BCUT2D eigenvalue weighted by Crippen LogP contribution is 2.22. The zero-order valence-electron chi connectivity index (χ0n) is 18.8. The Morgan fingerprint density at radius 2 is 1.82 bits per heavy atom. The number of nitrogens with zero attached hydrogens (tertiary/aromatic N) is 4. The van der Waals surface area contributed by atoms with Crippen LogP contribution >= 0.6 is 0 Å². The summed E-state index contributed by atoms with van der Waals surface area (Å²) in [6.45, 7) is 1.71. The summed E-state index contributed by atoms with van der Waals surface area (Å²) in [5, 5.41) is 4.22. The van der Waals surface area contributed by atoms with Crippen molar-refractivity contribution >= 4 is 5.91 Å². The van der Waals surface area contributed by atoms with Gasteiger partial charge in [-0.2, -0.15) is 9.78 Å². The predicted molar refractivity (Wildman–Crippen MR) is 123 cm³/mol. The van der Waals surface area contributed by atoms with Crippen molar-refractivity contribution in [1.29, 1.82) is 0 Å². The van der Waals surface area contributed by atoms with E-state index in [1.165, 1.54) is 18.2 Å². The van der Waals surface area contributed by atoms with Crippen LogP contribution in [0.1, 0.15) is 53.7 Å². The quantitative estimate of drug-likeness (QED) is 0.598. The fraction of sp³-hybridized carbons (Fsp3) is 0.360. The van der Waals surface area contributed by atoms with E-state index < -0.39 is 23.0 Å². The number of hydrogen-bond donors (Lipinski definition) is 0. The molecule has 1 aliphatic carbocycles. The Bertz CT molecular complexity index is 1290. The van der Waals surface area contributed by atoms with Crippen LogP contribution in [0.3, 0.4) is 0 Å². The van der Waals surface area contributed by atoms with E-state index in [9.17, 15) is 18.8 Å². The van der Waals surface area contributed by atoms with Gasteiger partial charge in [0.25, 0.3) is 11.5 Å². The van der Waals surface area contributed by atoms with E-state index >= 15 is 0 Å². The molecule has 7 nitrogen and oxygen atoms in total. The van der Waals surface area contributed by atoms with Crippen molar-refractivity contribution < 1.29 is 9.18 Å². The maximum Gasteiger partial charge on any atom is 0.352 e. The van der Waals surface area contributed by atoms with Gasteiger partial charge in [-0.05, 0) is 55.2 Å². The molecule has 1 fully saturated rings. The Kier molecular flexibility index (Phi) is 6.53. The molecule has 2 aromatic carbocycles. The van der Waals surface area contributed by atoms with Crippen LogP contribution in [0.4, 0.5) is 4.39 Å². The molecule has 1 heterocycles. The van der Waals surface area contributed by atoms with E-state index in [0.717, 1.165) is 46.9 Å². The lowest BCUT2D eigenvalue weighted by Gasteiger charge is -2.30. The number of carbonyl (C=O) groups excluding carboxylic acids is 1. The first-order valence-electron chi connectivity index (χ1n) is 11.2. The molecule has 172 valence electrons. The van der Waals surface area contributed by atoms with Crippen LogP contribution in [0.5, 0.6) is 0 Å². The Hall–Kier alpha value is -3.55. The normalized spacial score (nSPS) is 14.3. The molecule has 0 atom stereocenters. The maximum absolute atomic E-state index is 13.7. The van der Waals surface area contributed by atoms with Crippen molar-refractivity contribution in [2.75, 3.05) is 7.05 Å². The molecule has 3 aromatic rings. The Morgan fingerprint density at radius 1 is 1.09 bits per heavy atom. The van der Waals surface area contributed by atoms with Gasteiger partial charge in [0.1, 0.15) is 5.82 Å². The second-order valence-corrected chi connectivity index (χ2v) is 8.61. The maximum atomic E-state index is 13.7. The first-order valence-corrected chi connectivity index (χ1v) is 11.2. The molecule has 8 heteroatoms. The van der Waals surface area contributed by atoms with Crippen LogP contribution < -0.4 is 11.2 Å². The minimum absolute atomic E-state index is 0.0310. The third-order valence-electron chi connectivity index (χ3n) is 6.18. The van der Waals surface area contributed by atoms with Crippen molar-refractivity contribution in [3.63, 3.8) is 0 Å². The number of carbonyl (C=O) groups is 1. The number of aromatic nitrogens is 3. The van der Waals surface area contributed by atoms with Gasteiger partial charge in [0.05, 0.1) is 12.2 Å². The van der Waals surface area contributed by atoms with E-state index in [2.05, 4.69) is 5.10 Å². The summed E-state index contributed by atoms with van der Waals surface area (Å²) in [5.74, 6) is -0.983. The Labute approximate surface area is 191 Å². The van der Waals surface area contributed by atoms with Gasteiger partial charge in [-0.25, -0.2) is 9.18 Å². The number of halogens is 1. The monoisotopic (exact) mass is 450 g/mol. The lowest BCUT2D eigenvalue weighted by Crippen LogP contribution is -2.48. The fourth-order valence-corrected chi connectivity index (χ4v) is 4.34. The highest BCUT2D eigenvalue weighted by atomic mass is 19.1. The summed E-state index contributed by atoms with van der Waals surface area (Å²) in [6, 6.07) is 12.8. The van der Waals surface area contributed by atoms with E-state index in [1.54, 1.807) is 36.2 Å². The number of hydrogen-bond acceptors (Lipinski definition) is 4. The Morgan fingerprint density at radius 3 is 2.52 bits per heavy atom. The van der Waals surface area contributed by atoms with E-state index in [0.29, 0.717) is 11.3 Å². The first-order chi connectivity index (χ1) is 15.8.